The predicted octanol–water partition coefficient (Wildman–Crippen LogP) is 2.64. The number of rotatable bonds is 3. The fourth-order valence-corrected chi connectivity index (χ4v) is 1.82. The van der Waals surface area contributed by atoms with Crippen LogP contribution in [0.4, 0.5) is 5.69 Å². The van der Waals surface area contributed by atoms with Crippen LogP contribution in [0.25, 0.3) is 0 Å². The molecule has 0 radical (unpaired) electrons. The Kier molecular flexibility index (Phi) is 3.41. The largest absolute Gasteiger partial charge is 0.456 e. The first-order valence-electron chi connectivity index (χ1n) is 4.90. The molecule has 5 heteroatoms. The number of hydrogen-bond donors (Lipinski definition) is 2. The van der Waals surface area contributed by atoms with E-state index in [1.807, 2.05) is 0 Å². The van der Waals surface area contributed by atoms with E-state index >= 15 is 0 Å². The predicted molar refractivity (Wildman–Crippen MR) is 66.4 cm³/mol. The molecular formula is C12H11NO3S. The van der Waals surface area contributed by atoms with Crippen molar-refractivity contribution in [2.75, 3.05) is 5.73 Å². The van der Waals surface area contributed by atoms with Crippen molar-refractivity contribution in [3.05, 3.63) is 48.5 Å². The highest BCUT2D eigenvalue weighted by Crippen LogP contribution is 2.27. The van der Waals surface area contributed by atoms with E-state index in [0.717, 1.165) is 0 Å². The number of nitrogens with two attached hydrogens (primary N) is 1. The highest BCUT2D eigenvalue weighted by Gasteiger charge is 2.08. The number of anilines is 1. The molecule has 0 aromatic heterocycles. The van der Waals surface area contributed by atoms with Gasteiger partial charge < -0.3 is 15.0 Å². The van der Waals surface area contributed by atoms with E-state index in [2.05, 4.69) is 0 Å². The summed E-state index contributed by atoms with van der Waals surface area (Å²) in [5.41, 5.74) is 6.19. The van der Waals surface area contributed by atoms with E-state index in [1.54, 1.807) is 48.5 Å². The Hall–Kier alpha value is -1.85. The summed E-state index contributed by atoms with van der Waals surface area (Å²) in [5, 5.41) is 0. The molecule has 0 fully saturated rings. The fourth-order valence-electron chi connectivity index (χ4n) is 1.34. The van der Waals surface area contributed by atoms with Gasteiger partial charge in [-0.15, -0.1) is 0 Å². The molecular weight excluding hydrogens is 238 g/mol. The van der Waals surface area contributed by atoms with Crippen LogP contribution in [0, 0.1) is 0 Å². The second-order valence-electron chi connectivity index (χ2n) is 3.37. The summed E-state index contributed by atoms with van der Waals surface area (Å²) in [6.07, 6.45) is 0. The van der Waals surface area contributed by atoms with Crippen molar-refractivity contribution in [1.29, 1.82) is 0 Å². The molecule has 17 heavy (non-hydrogen) atoms. The molecule has 0 spiro atoms. The zero-order valence-electron chi connectivity index (χ0n) is 8.87. The summed E-state index contributed by atoms with van der Waals surface area (Å²) in [4.78, 5) is 0.240. The summed E-state index contributed by atoms with van der Waals surface area (Å²) in [6.45, 7) is 0. The highest BCUT2D eigenvalue weighted by atomic mass is 32.2. The van der Waals surface area contributed by atoms with Gasteiger partial charge in [0.15, 0.2) is 11.1 Å². The Labute approximate surface area is 101 Å². The Balaban J connectivity index is 2.30. The molecule has 2 aromatic rings. The first kappa shape index (κ1) is 11.6. The van der Waals surface area contributed by atoms with Gasteiger partial charge in [-0.2, -0.15) is 0 Å². The van der Waals surface area contributed by atoms with Gasteiger partial charge in [0.05, 0.1) is 0 Å². The minimum atomic E-state index is -2.07. The Bertz CT molecular complexity index is 540. The minimum Gasteiger partial charge on any atom is -0.456 e. The first-order valence-corrected chi connectivity index (χ1v) is 6.01. The monoisotopic (exact) mass is 249 g/mol. The van der Waals surface area contributed by atoms with Gasteiger partial charge in [0.25, 0.3) is 0 Å². The van der Waals surface area contributed by atoms with Crippen LogP contribution in [0.15, 0.2) is 53.4 Å². The van der Waals surface area contributed by atoms with E-state index < -0.39 is 11.1 Å². The van der Waals surface area contributed by atoms with Crippen molar-refractivity contribution in [1.82, 2.24) is 0 Å². The lowest BCUT2D eigenvalue weighted by molar-refractivity contribution is 0.465. The average molecular weight is 249 g/mol. The molecule has 1 atom stereocenters. The molecule has 0 heterocycles. The quantitative estimate of drug-likeness (QED) is 0.648. The molecule has 2 aromatic carbocycles. The molecule has 0 aliphatic heterocycles. The van der Waals surface area contributed by atoms with Crippen molar-refractivity contribution >= 4 is 16.8 Å². The lowest BCUT2D eigenvalue weighted by atomic mass is 10.3. The standard InChI is InChI=1S/C12H11NO3S/c13-9-5-7-10(8-6-9)16-11-3-1-2-4-12(11)17(14)15/h1-8H,13H2,(H,14,15). The van der Waals surface area contributed by atoms with Crippen LogP contribution >= 0.6 is 0 Å². The molecule has 0 amide bonds. The van der Waals surface area contributed by atoms with Gasteiger partial charge in [-0.05, 0) is 36.4 Å². The van der Waals surface area contributed by atoms with Crippen LogP contribution in [-0.2, 0) is 11.1 Å². The van der Waals surface area contributed by atoms with Crippen LogP contribution in [-0.4, -0.2) is 8.76 Å². The lowest BCUT2D eigenvalue weighted by Gasteiger charge is -2.08. The van der Waals surface area contributed by atoms with Gasteiger partial charge >= 0.3 is 0 Å². The molecule has 0 saturated heterocycles. The topological polar surface area (TPSA) is 72.5 Å². The van der Waals surface area contributed by atoms with Crippen LogP contribution in [0.2, 0.25) is 0 Å². The Morgan fingerprint density at radius 1 is 1.06 bits per heavy atom. The zero-order valence-corrected chi connectivity index (χ0v) is 9.68. The Morgan fingerprint density at radius 2 is 1.71 bits per heavy atom. The molecule has 0 aliphatic rings. The number of hydrogen-bond acceptors (Lipinski definition) is 3. The molecule has 0 saturated carbocycles. The van der Waals surface area contributed by atoms with Crippen molar-refractivity contribution in [3.8, 4) is 11.5 Å². The zero-order chi connectivity index (χ0) is 12.3. The molecule has 0 aliphatic carbocycles. The van der Waals surface area contributed by atoms with Crippen LogP contribution in [0.1, 0.15) is 0 Å². The van der Waals surface area contributed by atoms with E-state index in [1.165, 1.54) is 0 Å². The van der Waals surface area contributed by atoms with E-state index in [4.69, 9.17) is 15.0 Å². The minimum absolute atomic E-state index is 0.240. The van der Waals surface area contributed by atoms with Crippen molar-refractivity contribution in [3.63, 3.8) is 0 Å². The molecule has 4 nitrogen and oxygen atoms in total. The van der Waals surface area contributed by atoms with Gasteiger partial charge in [-0.25, -0.2) is 4.21 Å². The third kappa shape index (κ3) is 2.83. The highest BCUT2D eigenvalue weighted by molar-refractivity contribution is 7.79. The lowest BCUT2D eigenvalue weighted by Crippen LogP contribution is -1.94. The normalized spacial score (nSPS) is 12.1. The van der Waals surface area contributed by atoms with E-state index in [-0.39, 0.29) is 4.90 Å². The first-order chi connectivity index (χ1) is 8.16. The Morgan fingerprint density at radius 3 is 2.35 bits per heavy atom. The average Bonchev–Trinajstić information content (AvgIpc) is 2.32. The van der Waals surface area contributed by atoms with Crippen LogP contribution in [0.3, 0.4) is 0 Å². The van der Waals surface area contributed by atoms with Gasteiger partial charge in [0.2, 0.25) is 0 Å². The maximum absolute atomic E-state index is 11.1. The summed E-state index contributed by atoms with van der Waals surface area (Å²) in [7, 11) is 0. The number of para-hydroxylation sites is 1. The van der Waals surface area contributed by atoms with Crippen molar-refractivity contribution in [2.45, 2.75) is 4.90 Å². The number of nitrogen functional groups attached to an aromatic ring is 1. The molecule has 0 bridgehead atoms. The second kappa shape index (κ2) is 4.99. The second-order valence-corrected chi connectivity index (χ2v) is 4.31. The van der Waals surface area contributed by atoms with Crippen molar-refractivity contribution < 1.29 is 13.5 Å². The molecule has 3 N–H and O–H groups in total. The van der Waals surface area contributed by atoms with Crippen LogP contribution < -0.4 is 10.5 Å². The van der Waals surface area contributed by atoms with Gasteiger partial charge in [-0.1, -0.05) is 12.1 Å². The maximum atomic E-state index is 11.1. The van der Waals surface area contributed by atoms with Gasteiger partial charge in [0, 0.05) is 5.69 Å². The summed E-state index contributed by atoms with van der Waals surface area (Å²) < 4.78 is 25.7. The smallest absolute Gasteiger partial charge is 0.190 e. The number of ether oxygens (including phenoxy) is 1. The summed E-state index contributed by atoms with van der Waals surface area (Å²) in [5.74, 6) is 0.926. The SMILES string of the molecule is Nc1ccc(Oc2ccccc2S(=O)O)cc1. The summed E-state index contributed by atoms with van der Waals surface area (Å²) >= 11 is -2.07. The van der Waals surface area contributed by atoms with E-state index in [9.17, 15) is 4.21 Å². The van der Waals surface area contributed by atoms with Crippen molar-refractivity contribution in [2.24, 2.45) is 0 Å². The van der Waals surface area contributed by atoms with Gasteiger partial charge in [-0.3, -0.25) is 0 Å². The summed E-state index contributed by atoms with van der Waals surface area (Å²) in [6, 6.07) is 13.4. The van der Waals surface area contributed by atoms with Gasteiger partial charge in [0.1, 0.15) is 16.4 Å². The van der Waals surface area contributed by atoms with Crippen LogP contribution in [0.5, 0.6) is 11.5 Å². The maximum Gasteiger partial charge on any atom is 0.190 e. The third-order valence-electron chi connectivity index (χ3n) is 2.15. The molecule has 88 valence electrons. The fraction of sp³-hybridized carbons (Fsp3) is 0. The third-order valence-corrected chi connectivity index (χ3v) is 2.86. The molecule has 2 rings (SSSR count). The number of benzene rings is 2. The van der Waals surface area contributed by atoms with E-state index in [0.29, 0.717) is 17.2 Å². The molecule has 1 unspecified atom stereocenters.